The third-order valence-corrected chi connectivity index (χ3v) is 4.89. The second-order valence-electron chi connectivity index (χ2n) is 6.69. The number of carbonyl (C=O) groups is 3. The average molecular weight is 410 g/mol. The van der Waals surface area contributed by atoms with Gasteiger partial charge < -0.3 is 19.5 Å². The van der Waals surface area contributed by atoms with Crippen molar-refractivity contribution in [3.63, 3.8) is 0 Å². The standard InChI is InChI=1S/C22H22N2O6/c1-29-13-3-12-24-18(14-4-6-16(7-5-14)22(28)30-2)17(20(26)21(24)27)19(25)15-8-10-23-11-9-15/h4-11,18,25H,3,12-13H2,1-2H3/b19-17+. The number of amides is 1. The zero-order chi connectivity index (χ0) is 21.7. The Morgan fingerprint density at radius 2 is 1.73 bits per heavy atom. The summed E-state index contributed by atoms with van der Waals surface area (Å²) in [5.74, 6) is -2.22. The molecule has 1 saturated heterocycles. The first-order valence-corrected chi connectivity index (χ1v) is 9.35. The lowest BCUT2D eigenvalue weighted by molar-refractivity contribution is -0.140. The van der Waals surface area contributed by atoms with Crippen LogP contribution in [0.5, 0.6) is 0 Å². The van der Waals surface area contributed by atoms with Gasteiger partial charge in [0.25, 0.3) is 11.7 Å². The maximum atomic E-state index is 12.8. The van der Waals surface area contributed by atoms with E-state index in [-0.39, 0.29) is 17.9 Å². The molecule has 1 aliphatic rings. The van der Waals surface area contributed by atoms with Crippen molar-refractivity contribution in [3.05, 3.63) is 71.1 Å². The molecule has 2 aromatic rings. The number of rotatable bonds is 7. The summed E-state index contributed by atoms with van der Waals surface area (Å²) in [6, 6.07) is 8.74. The van der Waals surface area contributed by atoms with Gasteiger partial charge in [-0.2, -0.15) is 0 Å². The number of aromatic nitrogens is 1. The number of hydrogen-bond donors (Lipinski definition) is 1. The summed E-state index contributed by atoms with van der Waals surface area (Å²) in [5, 5.41) is 10.9. The molecule has 0 bridgehead atoms. The Bertz CT molecular complexity index is 969. The van der Waals surface area contributed by atoms with Crippen molar-refractivity contribution < 1.29 is 29.0 Å². The summed E-state index contributed by atoms with van der Waals surface area (Å²) in [5.41, 5.74) is 1.31. The molecule has 1 fully saturated rings. The zero-order valence-electron chi connectivity index (χ0n) is 16.7. The maximum Gasteiger partial charge on any atom is 0.337 e. The van der Waals surface area contributed by atoms with Crippen LogP contribution in [0.15, 0.2) is 54.4 Å². The van der Waals surface area contributed by atoms with Crippen LogP contribution in [0.4, 0.5) is 0 Å². The van der Waals surface area contributed by atoms with Gasteiger partial charge in [0.2, 0.25) is 0 Å². The molecule has 0 saturated carbocycles. The van der Waals surface area contributed by atoms with Crippen molar-refractivity contribution in [2.75, 3.05) is 27.4 Å². The normalized spacial score (nSPS) is 17.9. The first-order valence-electron chi connectivity index (χ1n) is 9.35. The lowest BCUT2D eigenvalue weighted by Crippen LogP contribution is -2.31. The molecular weight excluding hydrogens is 388 g/mol. The van der Waals surface area contributed by atoms with Crippen LogP contribution in [0.3, 0.4) is 0 Å². The number of esters is 1. The monoisotopic (exact) mass is 410 g/mol. The molecule has 0 spiro atoms. The maximum absolute atomic E-state index is 12.8. The van der Waals surface area contributed by atoms with Crippen LogP contribution >= 0.6 is 0 Å². The molecule has 3 rings (SSSR count). The minimum atomic E-state index is -0.790. The van der Waals surface area contributed by atoms with Gasteiger partial charge in [0.1, 0.15) is 5.76 Å². The van der Waals surface area contributed by atoms with Crippen LogP contribution < -0.4 is 0 Å². The highest BCUT2D eigenvalue weighted by molar-refractivity contribution is 6.46. The molecular formula is C22H22N2O6. The van der Waals surface area contributed by atoms with Crippen molar-refractivity contribution in [2.24, 2.45) is 0 Å². The second-order valence-corrected chi connectivity index (χ2v) is 6.69. The summed E-state index contributed by atoms with van der Waals surface area (Å²) in [6.45, 7) is 0.691. The second kappa shape index (κ2) is 9.32. The Hall–Kier alpha value is -3.52. The van der Waals surface area contributed by atoms with Crippen molar-refractivity contribution in [2.45, 2.75) is 12.5 Å². The summed E-state index contributed by atoms with van der Waals surface area (Å²) >= 11 is 0. The van der Waals surface area contributed by atoms with Gasteiger partial charge in [-0.05, 0) is 36.2 Å². The van der Waals surface area contributed by atoms with Crippen LogP contribution in [0, 0.1) is 0 Å². The highest BCUT2D eigenvalue weighted by Crippen LogP contribution is 2.39. The van der Waals surface area contributed by atoms with Gasteiger partial charge in [0.15, 0.2) is 0 Å². The largest absolute Gasteiger partial charge is 0.507 e. The molecule has 8 nitrogen and oxygen atoms in total. The highest BCUT2D eigenvalue weighted by Gasteiger charge is 2.45. The molecule has 1 N–H and O–H groups in total. The number of ether oxygens (including phenoxy) is 2. The van der Waals surface area contributed by atoms with Gasteiger partial charge >= 0.3 is 5.97 Å². The fraction of sp³-hybridized carbons (Fsp3) is 0.273. The Labute approximate surface area is 173 Å². The molecule has 156 valence electrons. The summed E-state index contributed by atoms with van der Waals surface area (Å²) in [7, 11) is 2.84. The van der Waals surface area contributed by atoms with Crippen LogP contribution in [-0.2, 0) is 19.1 Å². The van der Waals surface area contributed by atoms with E-state index in [9.17, 15) is 19.5 Å². The molecule has 0 aliphatic carbocycles. The molecule has 2 heterocycles. The van der Waals surface area contributed by atoms with Gasteiger partial charge in [0.05, 0.1) is 24.3 Å². The van der Waals surface area contributed by atoms with Crippen molar-refractivity contribution in [3.8, 4) is 0 Å². The smallest absolute Gasteiger partial charge is 0.337 e. The SMILES string of the molecule is COCCCN1C(=O)C(=O)/C(=C(/O)c2ccncc2)C1c1ccc(C(=O)OC)cc1. The van der Waals surface area contributed by atoms with E-state index in [0.717, 1.165) is 0 Å². The van der Waals surface area contributed by atoms with E-state index in [2.05, 4.69) is 4.98 Å². The summed E-state index contributed by atoms with van der Waals surface area (Å²) in [4.78, 5) is 42.7. The molecule has 1 aromatic heterocycles. The predicted octanol–water partition coefficient (Wildman–Crippen LogP) is 2.33. The van der Waals surface area contributed by atoms with Crippen molar-refractivity contribution in [1.82, 2.24) is 9.88 Å². The van der Waals surface area contributed by atoms with Crippen LogP contribution in [0.25, 0.3) is 5.76 Å². The molecule has 1 unspecified atom stereocenters. The number of hydrogen-bond acceptors (Lipinski definition) is 7. The third kappa shape index (κ3) is 4.08. The van der Waals surface area contributed by atoms with E-state index in [1.54, 1.807) is 43.5 Å². The number of aliphatic hydroxyl groups is 1. The zero-order valence-corrected chi connectivity index (χ0v) is 16.7. The van der Waals surface area contributed by atoms with Crippen LogP contribution in [0.1, 0.15) is 33.9 Å². The number of aliphatic hydroxyl groups excluding tert-OH is 1. The Morgan fingerprint density at radius 3 is 2.33 bits per heavy atom. The first-order chi connectivity index (χ1) is 14.5. The molecule has 1 amide bonds. The van der Waals surface area contributed by atoms with Gasteiger partial charge in [-0.25, -0.2) is 4.79 Å². The molecule has 1 aliphatic heterocycles. The lowest BCUT2D eigenvalue weighted by atomic mass is 9.95. The number of pyridine rings is 1. The van der Waals surface area contributed by atoms with E-state index in [1.807, 2.05) is 0 Å². The Morgan fingerprint density at radius 1 is 1.07 bits per heavy atom. The van der Waals surface area contributed by atoms with Gasteiger partial charge in [-0.1, -0.05) is 12.1 Å². The molecule has 8 heteroatoms. The van der Waals surface area contributed by atoms with E-state index < -0.39 is 23.7 Å². The van der Waals surface area contributed by atoms with E-state index in [1.165, 1.54) is 24.4 Å². The number of likely N-dealkylation sites (tertiary alicyclic amines) is 1. The van der Waals surface area contributed by atoms with E-state index in [0.29, 0.717) is 29.7 Å². The van der Waals surface area contributed by atoms with Gasteiger partial charge in [-0.3, -0.25) is 14.6 Å². The molecule has 30 heavy (non-hydrogen) atoms. The fourth-order valence-corrected chi connectivity index (χ4v) is 3.42. The number of benzene rings is 1. The molecule has 1 aromatic carbocycles. The van der Waals surface area contributed by atoms with Crippen LogP contribution in [0.2, 0.25) is 0 Å². The average Bonchev–Trinajstić information content (AvgIpc) is 3.04. The number of methoxy groups -OCH3 is 2. The van der Waals surface area contributed by atoms with Crippen molar-refractivity contribution >= 4 is 23.4 Å². The van der Waals surface area contributed by atoms with E-state index >= 15 is 0 Å². The van der Waals surface area contributed by atoms with Crippen LogP contribution in [-0.4, -0.2) is 60.0 Å². The Balaban J connectivity index is 2.09. The highest BCUT2D eigenvalue weighted by atomic mass is 16.5. The predicted molar refractivity (Wildman–Crippen MR) is 108 cm³/mol. The topological polar surface area (TPSA) is 106 Å². The number of ketones is 1. The fourth-order valence-electron chi connectivity index (χ4n) is 3.42. The minimum Gasteiger partial charge on any atom is -0.507 e. The van der Waals surface area contributed by atoms with Gasteiger partial charge in [0, 0.05) is 38.2 Å². The quantitative estimate of drug-likeness (QED) is 0.245. The summed E-state index contributed by atoms with van der Waals surface area (Å²) < 4.78 is 9.77. The first kappa shape index (κ1) is 21.2. The minimum absolute atomic E-state index is 0.00515. The number of nitrogens with zero attached hydrogens (tertiary/aromatic N) is 2. The number of carbonyl (C=O) groups excluding carboxylic acids is 3. The molecule has 0 radical (unpaired) electrons. The Kier molecular flexibility index (Phi) is 6.58. The molecule has 1 atom stereocenters. The summed E-state index contributed by atoms with van der Waals surface area (Å²) in [6.07, 6.45) is 3.50. The lowest BCUT2D eigenvalue weighted by Gasteiger charge is -2.25. The third-order valence-electron chi connectivity index (χ3n) is 4.89. The number of Topliss-reactive ketones (excluding diaryl/α,β-unsaturated/α-hetero) is 1. The van der Waals surface area contributed by atoms with Gasteiger partial charge in [-0.15, -0.1) is 0 Å². The van der Waals surface area contributed by atoms with E-state index in [4.69, 9.17) is 9.47 Å². The van der Waals surface area contributed by atoms with Crippen molar-refractivity contribution in [1.29, 1.82) is 0 Å².